The summed E-state index contributed by atoms with van der Waals surface area (Å²) in [6.45, 7) is 1.24. The second-order valence-corrected chi connectivity index (χ2v) is 6.82. The normalized spacial score (nSPS) is 10.2. The van der Waals surface area contributed by atoms with Crippen molar-refractivity contribution in [1.82, 2.24) is 10.6 Å². The van der Waals surface area contributed by atoms with Crippen LogP contribution < -0.4 is 15.4 Å². The summed E-state index contributed by atoms with van der Waals surface area (Å²) < 4.78 is 6.33. The zero-order valence-electron chi connectivity index (χ0n) is 14.1. The molecule has 0 unspecified atom stereocenters. The van der Waals surface area contributed by atoms with Crippen LogP contribution in [-0.4, -0.2) is 31.5 Å². The lowest BCUT2D eigenvalue weighted by Crippen LogP contribution is -2.30. The van der Waals surface area contributed by atoms with Crippen molar-refractivity contribution < 1.29 is 14.3 Å². The van der Waals surface area contributed by atoms with E-state index in [-0.39, 0.29) is 24.8 Å². The van der Waals surface area contributed by atoms with Gasteiger partial charge in [-0.25, -0.2) is 0 Å². The summed E-state index contributed by atoms with van der Waals surface area (Å²) in [6, 6.07) is 14.3. The smallest absolute Gasteiger partial charge is 0.251 e. The molecule has 0 aromatic heterocycles. The molecule has 0 aliphatic carbocycles. The summed E-state index contributed by atoms with van der Waals surface area (Å²) >= 11 is 9.31. The first-order valence-corrected chi connectivity index (χ1v) is 9.41. The van der Waals surface area contributed by atoms with Crippen molar-refractivity contribution in [3.8, 4) is 5.75 Å². The third-order valence-electron chi connectivity index (χ3n) is 3.47. The van der Waals surface area contributed by atoms with E-state index in [1.807, 2.05) is 24.3 Å². The van der Waals surface area contributed by atoms with Gasteiger partial charge in [-0.1, -0.05) is 45.7 Å². The number of nitrogens with one attached hydrogen (secondary N) is 2. The van der Waals surface area contributed by atoms with Crippen LogP contribution in [-0.2, 0) is 4.79 Å². The largest absolute Gasteiger partial charge is 0.491 e. The molecule has 0 aliphatic rings. The molecule has 2 aromatic rings. The molecule has 0 aliphatic heterocycles. The monoisotopic (exact) mass is 438 g/mol. The summed E-state index contributed by atoms with van der Waals surface area (Å²) in [6.07, 6.45) is 0.895. The van der Waals surface area contributed by atoms with Gasteiger partial charge in [0.1, 0.15) is 5.75 Å². The Kier molecular flexibility index (Phi) is 8.44. The van der Waals surface area contributed by atoms with Crippen LogP contribution in [0.15, 0.2) is 53.0 Å². The predicted molar refractivity (Wildman–Crippen MR) is 106 cm³/mol. The number of rotatable bonds is 9. The Balaban J connectivity index is 1.56. The molecular formula is C19H20BrClN2O3. The molecular weight excluding hydrogens is 420 g/mol. The van der Waals surface area contributed by atoms with Crippen LogP contribution in [0.4, 0.5) is 0 Å². The van der Waals surface area contributed by atoms with Gasteiger partial charge < -0.3 is 15.4 Å². The van der Waals surface area contributed by atoms with E-state index in [0.717, 1.165) is 4.47 Å². The van der Waals surface area contributed by atoms with Crippen molar-refractivity contribution in [3.63, 3.8) is 0 Å². The number of amides is 2. The second kappa shape index (κ2) is 10.8. The topological polar surface area (TPSA) is 67.4 Å². The van der Waals surface area contributed by atoms with Crippen molar-refractivity contribution in [2.24, 2.45) is 0 Å². The van der Waals surface area contributed by atoms with Gasteiger partial charge in [0.15, 0.2) is 0 Å². The number of hydrogen-bond acceptors (Lipinski definition) is 3. The Bertz CT molecular complexity index is 755. The van der Waals surface area contributed by atoms with Gasteiger partial charge in [-0.05, 0) is 36.8 Å². The van der Waals surface area contributed by atoms with E-state index < -0.39 is 0 Å². The van der Waals surface area contributed by atoms with Gasteiger partial charge in [0.2, 0.25) is 5.91 Å². The van der Waals surface area contributed by atoms with Crippen molar-refractivity contribution in [1.29, 1.82) is 0 Å². The zero-order valence-corrected chi connectivity index (χ0v) is 16.5. The van der Waals surface area contributed by atoms with Crippen molar-refractivity contribution in [2.45, 2.75) is 12.8 Å². The van der Waals surface area contributed by atoms with Gasteiger partial charge in [-0.2, -0.15) is 0 Å². The molecule has 0 fully saturated rings. The summed E-state index contributed by atoms with van der Waals surface area (Å²) in [5.74, 6) is 0.332. The lowest BCUT2D eigenvalue weighted by molar-refractivity contribution is -0.121. The van der Waals surface area contributed by atoms with E-state index in [4.69, 9.17) is 16.3 Å². The number of halogens is 2. The number of carbonyl (C=O) groups excluding carboxylic acids is 2. The first-order valence-electron chi connectivity index (χ1n) is 8.24. The highest BCUT2D eigenvalue weighted by molar-refractivity contribution is 9.10. The molecule has 7 heteroatoms. The fourth-order valence-corrected chi connectivity index (χ4v) is 2.74. The number of carbonyl (C=O) groups is 2. The molecule has 0 saturated heterocycles. The fraction of sp³-hybridized carbons (Fsp3) is 0.263. The maximum Gasteiger partial charge on any atom is 0.251 e. The number of para-hydroxylation sites is 1. The molecule has 0 radical (unpaired) electrons. The van der Waals surface area contributed by atoms with Crippen molar-refractivity contribution in [3.05, 3.63) is 63.6 Å². The first-order chi connectivity index (χ1) is 12.6. The highest BCUT2D eigenvalue weighted by atomic mass is 79.9. The Labute approximate surface area is 166 Å². The van der Waals surface area contributed by atoms with Gasteiger partial charge >= 0.3 is 0 Å². The zero-order chi connectivity index (χ0) is 18.8. The molecule has 26 heavy (non-hydrogen) atoms. The molecule has 2 aromatic carbocycles. The minimum Gasteiger partial charge on any atom is -0.491 e. The third-order valence-corrected chi connectivity index (χ3v) is 4.28. The van der Waals surface area contributed by atoms with E-state index >= 15 is 0 Å². The van der Waals surface area contributed by atoms with Crippen LogP contribution in [0.25, 0.3) is 0 Å². The van der Waals surface area contributed by atoms with Crippen LogP contribution in [0.1, 0.15) is 23.2 Å². The standard InChI is InChI=1S/C19H20BrClN2O3/c20-15-6-3-5-14(13-15)19(25)23-11-4-10-22-18(24)9-12-26-17-8-2-1-7-16(17)21/h1-3,5-8,13H,4,9-12H2,(H,22,24)(H,23,25). The SMILES string of the molecule is O=C(CCOc1ccccc1Cl)NCCCNC(=O)c1cccc(Br)c1. The van der Waals surface area contributed by atoms with Crippen LogP contribution in [0.5, 0.6) is 5.75 Å². The lowest BCUT2D eigenvalue weighted by atomic mass is 10.2. The maximum atomic E-state index is 12.0. The van der Waals surface area contributed by atoms with E-state index in [2.05, 4.69) is 26.6 Å². The quantitative estimate of drug-likeness (QED) is 0.584. The van der Waals surface area contributed by atoms with Crippen LogP contribution in [0.2, 0.25) is 5.02 Å². The van der Waals surface area contributed by atoms with Gasteiger partial charge in [-0.3, -0.25) is 9.59 Å². The number of benzene rings is 2. The van der Waals surface area contributed by atoms with Gasteiger partial charge in [0, 0.05) is 23.1 Å². The van der Waals surface area contributed by atoms with Gasteiger partial charge in [-0.15, -0.1) is 0 Å². The summed E-state index contributed by atoms with van der Waals surface area (Å²) in [7, 11) is 0. The first kappa shape index (κ1) is 20.3. The predicted octanol–water partition coefficient (Wildman–Crippen LogP) is 3.81. The summed E-state index contributed by atoms with van der Waals surface area (Å²) in [4.78, 5) is 23.7. The molecule has 138 valence electrons. The number of hydrogen-bond donors (Lipinski definition) is 2. The van der Waals surface area contributed by atoms with E-state index in [1.165, 1.54) is 0 Å². The Morgan fingerprint density at radius 2 is 1.81 bits per heavy atom. The minimum absolute atomic E-state index is 0.102. The van der Waals surface area contributed by atoms with Crippen molar-refractivity contribution in [2.75, 3.05) is 19.7 Å². The minimum atomic E-state index is -0.134. The Morgan fingerprint density at radius 3 is 2.58 bits per heavy atom. The summed E-state index contributed by atoms with van der Waals surface area (Å²) in [5, 5.41) is 6.14. The van der Waals surface area contributed by atoms with Crippen molar-refractivity contribution >= 4 is 39.3 Å². The molecule has 2 amide bonds. The molecule has 0 heterocycles. The van der Waals surface area contributed by atoms with Gasteiger partial charge in [0.05, 0.1) is 18.1 Å². The lowest BCUT2D eigenvalue weighted by Gasteiger charge is -2.09. The Hall–Kier alpha value is -2.05. The van der Waals surface area contributed by atoms with Gasteiger partial charge in [0.25, 0.3) is 5.91 Å². The molecule has 0 spiro atoms. The maximum absolute atomic E-state index is 12.0. The molecule has 0 atom stereocenters. The van der Waals surface area contributed by atoms with Crippen LogP contribution in [0, 0.1) is 0 Å². The highest BCUT2D eigenvalue weighted by Gasteiger charge is 2.06. The molecule has 2 rings (SSSR count). The van der Waals surface area contributed by atoms with Crippen LogP contribution in [0.3, 0.4) is 0 Å². The summed E-state index contributed by atoms with van der Waals surface area (Å²) in [5.41, 5.74) is 0.597. The highest BCUT2D eigenvalue weighted by Crippen LogP contribution is 2.22. The van der Waals surface area contributed by atoms with E-state index in [1.54, 1.807) is 24.3 Å². The number of ether oxygens (including phenoxy) is 1. The average Bonchev–Trinajstić information content (AvgIpc) is 2.63. The molecule has 5 nitrogen and oxygen atoms in total. The molecule has 2 N–H and O–H groups in total. The van der Waals surface area contributed by atoms with E-state index in [9.17, 15) is 9.59 Å². The third kappa shape index (κ3) is 7.06. The Morgan fingerprint density at radius 1 is 1.04 bits per heavy atom. The van der Waals surface area contributed by atoms with E-state index in [0.29, 0.717) is 35.8 Å². The molecule has 0 saturated carbocycles. The molecule has 0 bridgehead atoms. The fourth-order valence-electron chi connectivity index (χ4n) is 2.15. The second-order valence-electron chi connectivity index (χ2n) is 5.50. The van der Waals surface area contributed by atoms with Crippen LogP contribution >= 0.6 is 27.5 Å². The average molecular weight is 440 g/mol.